The molecule has 0 atom stereocenters. The van der Waals surface area contributed by atoms with Crippen molar-refractivity contribution in [2.45, 2.75) is 38.6 Å². The van der Waals surface area contributed by atoms with Crippen LogP contribution in [0.2, 0.25) is 0 Å². The van der Waals surface area contributed by atoms with Crippen molar-refractivity contribution in [2.24, 2.45) is 0 Å². The number of para-hydroxylation sites is 1. The third kappa shape index (κ3) is 3.86. The number of piperazine rings is 1. The number of aryl methyl sites for hydroxylation is 1. The van der Waals surface area contributed by atoms with Gasteiger partial charge in [0.25, 0.3) is 0 Å². The molecule has 0 spiro atoms. The molecule has 0 radical (unpaired) electrons. The van der Waals surface area contributed by atoms with E-state index >= 15 is 0 Å². The molecule has 1 N–H and O–H groups in total. The number of hydrogen-bond donors (Lipinski definition) is 1. The van der Waals surface area contributed by atoms with Gasteiger partial charge in [0.15, 0.2) is 0 Å². The molecule has 1 saturated heterocycles. The maximum Gasteiger partial charge on any atom is 0.228 e. The summed E-state index contributed by atoms with van der Waals surface area (Å²) >= 11 is 0. The second-order valence-corrected chi connectivity index (χ2v) is 8.32. The largest absolute Gasteiger partial charge is 0.368 e. The third-order valence-electron chi connectivity index (χ3n) is 6.25. The minimum Gasteiger partial charge on any atom is -0.368 e. The molecule has 2 aromatic carbocycles. The van der Waals surface area contributed by atoms with Gasteiger partial charge in [0.05, 0.1) is 5.52 Å². The van der Waals surface area contributed by atoms with Crippen molar-refractivity contribution in [1.29, 1.82) is 0 Å². The summed E-state index contributed by atoms with van der Waals surface area (Å²) in [6, 6.07) is 17.7. The lowest BCUT2D eigenvalue weighted by Gasteiger charge is -2.36. The summed E-state index contributed by atoms with van der Waals surface area (Å²) in [5.41, 5.74) is 3.64. The summed E-state index contributed by atoms with van der Waals surface area (Å²) in [5, 5.41) is 4.84. The van der Waals surface area contributed by atoms with E-state index < -0.39 is 0 Å². The molecule has 1 saturated carbocycles. The highest BCUT2D eigenvalue weighted by Gasteiger charge is 2.22. The van der Waals surface area contributed by atoms with Gasteiger partial charge in [-0.2, -0.15) is 4.98 Å². The maximum atomic E-state index is 4.98. The predicted molar refractivity (Wildman–Crippen MR) is 121 cm³/mol. The van der Waals surface area contributed by atoms with E-state index in [4.69, 9.17) is 9.97 Å². The van der Waals surface area contributed by atoms with Crippen molar-refractivity contribution in [2.75, 3.05) is 41.3 Å². The van der Waals surface area contributed by atoms with Gasteiger partial charge in [0.1, 0.15) is 5.82 Å². The Bertz CT molecular complexity index is 970. The SMILES string of the molecule is Cc1ccc(N2CCN(c3nc(NC4CCCC4)c4ccccc4n3)CC2)cc1. The second-order valence-electron chi connectivity index (χ2n) is 8.32. The lowest BCUT2D eigenvalue weighted by molar-refractivity contribution is 0.641. The first-order chi connectivity index (χ1) is 14.3. The second kappa shape index (κ2) is 7.90. The first-order valence-corrected chi connectivity index (χ1v) is 10.9. The molecular formula is C24H29N5. The number of nitrogens with one attached hydrogen (secondary N) is 1. The van der Waals surface area contributed by atoms with E-state index in [9.17, 15) is 0 Å². The van der Waals surface area contributed by atoms with Crippen molar-refractivity contribution in [3.8, 4) is 0 Å². The number of benzene rings is 2. The van der Waals surface area contributed by atoms with Gasteiger partial charge in [-0.25, -0.2) is 4.98 Å². The summed E-state index contributed by atoms with van der Waals surface area (Å²) in [5.74, 6) is 1.85. The topological polar surface area (TPSA) is 44.3 Å². The Kier molecular flexibility index (Phi) is 4.96. The van der Waals surface area contributed by atoms with Crippen molar-refractivity contribution >= 4 is 28.4 Å². The number of hydrogen-bond acceptors (Lipinski definition) is 5. The number of fused-ring (bicyclic) bond motifs is 1. The number of aromatic nitrogens is 2. The van der Waals surface area contributed by atoms with E-state index in [1.807, 2.05) is 0 Å². The monoisotopic (exact) mass is 387 g/mol. The van der Waals surface area contributed by atoms with Crippen LogP contribution in [0.5, 0.6) is 0 Å². The number of anilines is 3. The first-order valence-electron chi connectivity index (χ1n) is 10.9. The minimum atomic E-state index is 0.541. The number of nitrogens with zero attached hydrogens (tertiary/aromatic N) is 4. The van der Waals surface area contributed by atoms with Crippen LogP contribution < -0.4 is 15.1 Å². The molecule has 5 rings (SSSR count). The summed E-state index contributed by atoms with van der Waals surface area (Å²) < 4.78 is 0. The molecule has 2 heterocycles. The van der Waals surface area contributed by atoms with Crippen LogP contribution in [0.15, 0.2) is 48.5 Å². The van der Waals surface area contributed by atoms with Gasteiger partial charge in [-0.3, -0.25) is 0 Å². The van der Waals surface area contributed by atoms with E-state index in [-0.39, 0.29) is 0 Å². The van der Waals surface area contributed by atoms with Gasteiger partial charge in [-0.15, -0.1) is 0 Å². The fraction of sp³-hybridized carbons (Fsp3) is 0.417. The molecule has 2 aliphatic rings. The van der Waals surface area contributed by atoms with Crippen LogP contribution in [-0.4, -0.2) is 42.2 Å². The van der Waals surface area contributed by atoms with Crippen LogP contribution in [0.1, 0.15) is 31.2 Å². The molecule has 5 heteroatoms. The molecule has 29 heavy (non-hydrogen) atoms. The average molecular weight is 388 g/mol. The third-order valence-corrected chi connectivity index (χ3v) is 6.25. The molecule has 0 bridgehead atoms. The van der Waals surface area contributed by atoms with Crippen LogP contribution in [0.25, 0.3) is 10.9 Å². The van der Waals surface area contributed by atoms with Gasteiger partial charge >= 0.3 is 0 Å². The molecule has 0 unspecified atom stereocenters. The van der Waals surface area contributed by atoms with Crippen molar-refractivity contribution in [3.05, 3.63) is 54.1 Å². The smallest absolute Gasteiger partial charge is 0.228 e. The zero-order valence-electron chi connectivity index (χ0n) is 17.1. The van der Waals surface area contributed by atoms with E-state index in [1.54, 1.807) is 0 Å². The molecule has 1 aliphatic carbocycles. The lowest BCUT2D eigenvalue weighted by Crippen LogP contribution is -2.47. The molecule has 1 aromatic heterocycles. The van der Waals surface area contributed by atoms with Crippen LogP contribution in [0.4, 0.5) is 17.5 Å². The van der Waals surface area contributed by atoms with Crippen LogP contribution >= 0.6 is 0 Å². The Morgan fingerprint density at radius 3 is 2.28 bits per heavy atom. The quantitative estimate of drug-likeness (QED) is 0.708. The van der Waals surface area contributed by atoms with E-state index in [1.165, 1.54) is 36.9 Å². The van der Waals surface area contributed by atoms with E-state index in [0.29, 0.717) is 6.04 Å². The fourth-order valence-corrected chi connectivity index (χ4v) is 4.50. The van der Waals surface area contributed by atoms with Crippen molar-refractivity contribution in [3.63, 3.8) is 0 Å². The highest BCUT2D eigenvalue weighted by atomic mass is 15.3. The molecule has 3 aromatic rings. The van der Waals surface area contributed by atoms with Gasteiger partial charge < -0.3 is 15.1 Å². The zero-order chi connectivity index (χ0) is 19.6. The molecule has 2 fully saturated rings. The zero-order valence-corrected chi connectivity index (χ0v) is 17.1. The molecule has 1 aliphatic heterocycles. The molecule has 150 valence electrons. The van der Waals surface area contributed by atoms with Crippen LogP contribution in [0, 0.1) is 6.92 Å². The van der Waals surface area contributed by atoms with Crippen LogP contribution in [0.3, 0.4) is 0 Å². The highest BCUT2D eigenvalue weighted by molar-refractivity contribution is 5.90. The Hall–Kier alpha value is -2.82. The maximum absolute atomic E-state index is 4.98. The Morgan fingerprint density at radius 2 is 1.52 bits per heavy atom. The van der Waals surface area contributed by atoms with Gasteiger partial charge in [-0.05, 0) is 44.0 Å². The summed E-state index contributed by atoms with van der Waals surface area (Å²) in [6.07, 6.45) is 5.11. The first kappa shape index (κ1) is 18.2. The van der Waals surface area contributed by atoms with Gasteiger partial charge in [0, 0.05) is 43.3 Å². The standard InChI is InChI=1S/C24H29N5/c1-18-10-12-20(13-11-18)28-14-16-29(17-15-28)24-26-22-9-5-4-8-21(22)23(27-24)25-19-6-2-3-7-19/h4-5,8-13,19H,2-3,6-7,14-17H2,1H3,(H,25,26,27). The minimum absolute atomic E-state index is 0.541. The Labute approximate surface area is 172 Å². The molecular weight excluding hydrogens is 358 g/mol. The average Bonchev–Trinajstić information content (AvgIpc) is 3.27. The van der Waals surface area contributed by atoms with E-state index in [0.717, 1.165) is 48.8 Å². The number of rotatable bonds is 4. The predicted octanol–water partition coefficient (Wildman–Crippen LogP) is 4.62. The molecule has 0 amide bonds. The summed E-state index contributed by atoms with van der Waals surface area (Å²) in [7, 11) is 0. The lowest BCUT2D eigenvalue weighted by atomic mass is 10.2. The normalized spacial score (nSPS) is 17.8. The molecule has 5 nitrogen and oxygen atoms in total. The summed E-state index contributed by atoms with van der Waals surface area (Å²) in [4.78, 5) is 14.7. The van der Waals surface area contributed by atoms with Crippen LogP contribution in [-0.2, 0) is 0 Å². The van der Waals surface area contributed by atoms with Gasteiger partial charge in [0.2, 0.25) is 5.95 Å². The van der Waals surface area contributed by atoms with Crippen molar-refractivity contribution in [1.82, 2.24) is 9.97 Å². The van der Waals surface area contributed by atoms with E-state index in [2.05, 4.69) is 70.6 Å². The Morgan fingerprint density at radius 1 is 0.828 bits per heavy atom. The van der Waals surface area contributed by atoms with Gasteiger partial charge in [-0.1, -0.05) is 42.7 Å². The highest BCUT2D eigenvalue weighted by Crippen LogP contribution is 2.28. The van der Waals surface area contributed by atoms with Crippen molar-refractivity contribution < 1.29 is 0 Å². The fourth-order valence-electron chi connectivity index (χ4n) is 4.50. The Balaban J connectivity index is 1.36. The summed E-state index contributed by atoms with van der Waals surface area (Å²) in [6.45, 7) is 6.00.